The fraction of sp³-hybridized carbons (Fsp3) is 0.368. The number of rotatable bonds is 4. The molecule has 6 nitrogen and oxygen atoms in total. The van der Waals surface area contributed by atoms with Crippen LogP contribution in [0, 0.1) is 20.8 Å². The Balaban J connectivity index is 2.15. The number of furan rings is 1. The summed E-state index contributed by atoms with van der Waals surface area (Å²) in [6.07, 6.45) is 0.925. The molecule has 2 heterocycles. The Morgan fingerprint density at radius 2 is 1.96 bits per heavy atom. The summed E-state index contributed by atoms with van der Waals surface area (Å²) in [4.78, 5) is 24.4. The highest BCUT2D eigenvalue weighted by atomic mass is 16.4. The van der Waals surface area contributed by atoms with Gasteiger partial charge >= 0.3 is 5.63 Å². The van der Waals surface area contributed by atoms with E-state index >= 15 is 0 Å². The van der Waals surface area contributed by atoms with Crippen LogP contribution in [0.4, 0.5) is 0 Å². The lowest BCUT2D eigenvalue weighted by Gasteiger charge is -2.10. The molecule has 0 aliphatic heterocycles. The van der Waals surface area contributed by atoms with Crippen molar-refractivity contribution in [1.82, 2.24) is 5.32 Å². The molecular formula is C19H21NO5. The Kier molecular flexibility index (Phi) is 4.39. The fourth-order valence-electron chi connectivity index (χ4n) is 3.16. The minimum atomic E-state index is -0.647. The number of aryl methyl sites for hydroxylation is 3. The minimum absolute atomic E-state index is 0.105. The van der Waals surface area contributed by atoms with Crippen LogP contribution in [0.5, 0.6) is 0 Å². The van der Waals surface area contributed by atoms with Gasteiger partial charge in [-0.05, 0) is 50.5 Å². The van der Waals surface area contributed by atoms with Gasteiger partial charge in [0.15, 0.2) is 0 Å². The Bertz CT molecular complexity index is 1030. The maximum atomic E-state index is 12.4. The number of nitrogens with one attached hydrogen (secondary N) is 1. The molecule has 3 aromatic rings. The number of benzene rings is 1. The molecule has 2 N–H and O–H groups in total. The third kappa shape index (κ3) is 3.05. The van der Waals surface area contributed by atoms with Gasteiger partial charge in [0.2, 0.25) is 5.91 Å². The van der Waals surface area contributed by atoms with Gasteiger partial charge in [0, 0.05) is 11.9 Å². The van der Waals surface area contributed by atoms with E-state index in [9.17, 15) is 14.7 Å². The second-order valence-electron chi connectivity index (χ2n) is 6.51. The second-order valence-corrected chi connectivity index (χ2v) is 6.51. The summed E-state index contributed by atoms with van der Waals surface area (Å²) in [6, 6.07) is 1.83. The largest absolute Gasteiger partial charge is 0.463 e. The van der Waals surface area contributed by atoms with Crippen molar-refractivity contribution in [2.24, 2.45) is 0 Å². The Labute approximate surface area is 144 Å². The van der Waals surface area contributed by atoms with Crippen LogP contribution in [-0.2, 0) is 11.2 Å². The molecule has 0 saturated heterocycles. The van der Waals surface area contributed by atoms with Gasteiger partial charge in [-0.2, -0.15) is 0 Å². The number of fused-ring (bicyclic) bond motifs is 3. The van der Waals surface area contributed by atoms with Crippen molar-refractivity contribution in [3.8, 4) is 0 Å². The average molecular weight is 343 g/mol. The lowest BCUT2D eigenvalue weighted by molar-refractivity contribution is -0.120. The molecular weight excluding hydrogens is 322 g/mol. The zero-order valence-corrected chi connectivity index (χ0v) is 14.7. The van der Waals surface area contributed by atoms with Gasteiger partial charge in [0.05, 0.1) is 29.7 Å². The first-order chi connectivity index (χ1) is 11.8. The molecule has 0 fully saturated rings. The van der Waals surface area contributed by atoms with Gasteiger partial charge in [-0.3, -0.25) is 4.79 Å². The number of carbonyl (C=O) groups is 1. The Morgan fingerprint density at radius 1 is 1.24 bits per heavy atom. The van der Waals surface area contributed by atoms with Crippen LogP contribution < -0.4 is 10.9 Å². The first-order valence-electron chi connectivity index (χ1n) is 8.18. The number of hydrogen-bond donors (Lipinski definition) is 2. The highest BCUT2D eigenvalue weighted by molar-refractivity contribution is 6.07. The molecule has 132 valence electrons. The monoisotopic (exact) mass is 343 g/mol. The van der Waals surface area contributed by atoms with Crippen molar-refractivity contribution < 1.29 is 18.7 Å². The predicted molar refractivity (Wildman–Crippen MR) is 94.9 cm³/mol. The van der Waals surface area contributed by atoms with E-state index in [4.69, 9.17) is 8.83 Å². The van der Waals surface area contributed by atoms with Crippen LogP contribution in [0.3, 0.4) is 0 Å². The molecule has 0 bridgehead atoms. The van der Waals surface area contributed by atoms with Crippen molar-refractivity contribution in [2.75, 3.05) is 6.54 Å². The highest BCUT2D eigenvalue weighted by Gasteiger charge is 2.20. The summed E-state index contributed by atoms with van der Waals surface area (Å²) >= 11 is 0. The van der Waals surface area contributed by atoms with E-state index in [0.29, 0.717) is 27.7 Å². The van der Waals surface area contributed by atoms with Crippen LogP contribution in [0.25, 0.3) is 21.9 Å². The zero-order valence-electron chi connectivity index (χ0n) is 14.7. The molecule has 0 spiro atoms. The molecule has 25 heavy (non-hydrogen) atoms. The highest BCUT2D eigenvalue weighted by Crippen LogP contribution is 2.34. The van der Waals surface area contributed by atoms with Crippen molar-refractivity contribution in [3.05, 3.63) is 45.0 Å². The molecule has 0 unspecified atom stereocenters. The fourth-order valence-corrected chi connectivity index (χ4v) is 3.16. The van der Waals surface area contributed by atoms with Crippen molar-refractivity contribution >= 4 is 27.8 Å². The lowest BCUT2D eigenvalue weighted by atomic mass is 9.99. The van der Waals surface area contributed by atoms with E-state index in [-0.39, 0.29) is 18.9 Å². The van der Waals surface area contributed by atoms with Crippen LogP contribution >= 0.6 is 0 Å². The smallest absolute Gasteiger partial charge is 0.340 e. The number of hydrogen-bond acceptors (Lipinski definition) is 5. The number of aliphatic hydroxyl groups excluding tert-OH is 1. The molecule has 0 saturated carbocycles. The standard InChI is InChI=1S/C19H21NO5/c1-9-5-14-17(18-16(9)10(2)8-24-18)12(4)13(19(23)25-14)6-15(22)20-7-11(3)21/h5,8,11,21H,6-7H2,1-4H3,(H,20,22)/t11-/m1/s1. The topological polar surface area (TPSA) is 92.7 Å². The summed E-state index contributed by atoms with van der Waals surface area (Å²) in [6.45, 7) is 7.41. The van der Waals surface area contributed by atoms with Crippen molar-refractivity contribution in [3.63, 3.8) is 0 Å². The third-order valence-corrected chi connectivity index (χ3v) is 4.40. The summed E-state index contributed by atoms with van der Waals surface area (Å²) in [5.74, 6) is -0.338. The van der Waals surface area contributed by atoms with E-state index in [1.165, 1.54) is 0 Å². The first kappa shape index (κ1) is 17.2. The van der Waals surface area contributed by atoms with Gasteiger partial charge < -0.3 is 19.3 Å². The third-order valence-electron chi connectivity index (χ3n) is 4.40. The molecule has 0 aliphatic carbocycles. The van der Waals surface area contributed by atoms with Crippen LogP contribution in [0.1, 0.15) is 29.2 Å². The molecule has 6 heteroatoms. The second kappa shape index (κ2) is 6.37. The average Bonchev–Trinajstić information content (AvgIpc) is 2.91. The normalized spacial score (nSPS) is 12.7. The van der Waals surface area contributed by atoms with Crippen LogP contribution in [0.2, 0.25) is 0 Å². The van der Waals surface area contributed by atoms with E-state index in [2.05, 4.69) is 5.32 Å². The number of amides is 1. The molecule has 0 aliphatic rings. The summed E-state index contributed by atoms with van der Waals surface area (Å²) in [7, 11) is 0. The Morgan fingerprint density at radius 3 is 2.64 bits per heavy atom. The van der Waals surface area contributed by atoms with E-state index in [0.717, 1.165) is 16.5 Å². The lowest BCUT2D eigenvalue weighted by Crippen LogP contribution is -2.33. The number of aliphatic hydroxyl groups is 1. The quantitative estimate of drug-likeness (QED) is 0.710. The van der Waals surface area contributed by atoms with E-state index in [1.54, 1.807) is 20.1 Å². The van der Waals surface area contributed by atoms with Gasteiger partial charge in [-0.1, -0.05) is 0 Å². The molecule has 3 rings (SSSR count). The van der Waals surface area contributed by atoms with Gasteiger partial charge in [-0.25, -0.2) is 4.79 Å². The predicted octanol–water partition coefficient (Wildman–Crippen LogP) is 2.50. The molecule has 2 aromatic heterocycles. The SMILES string of the molecule is Cc1coc2c1c(C)cc1oc(=O)c(CC(=O)NC[C@@H](C)O)c(C)c12. The summed E-state index contributed by atoms with van der Waals surface area (Å²) in [5.41, 5.74) is 3.55. The van der Waals surface area contributed by atoms with Crippen molar-refractivity contribution in [1.29, 1.82) is 0 Å². The zero-order chi connectivity index (χ0) is 18.3. The molecule has 0 radical (unpaired) electrons. The van der Waals surface area contributed by atoms with Gasteiger partial charge in [0.1, 0.15) is 11.2 Å². The van der Waals surface area contributed by atoms with E-state index in [1.807, 2.05) is 19.9 Å². The van der Waals surface area contributed by atoms with E-state index < -0.39 is 11.7 Å². The molecule has 1 aromatic carbocycles. The van der Waals surface area contributed by atoms with Gasteiger partial charge in [-0.15, -0.1) is 0 Å². The minimum Gasteiger partial charge on any atom is -0.463 e. The van der Waals surface area contributed by atoms with Crippen LogP contribution in [-0.4, -0.2) is 23.7 Å². The maximum Gasteiger partial charge on any atom is 0.340 e. The molecule has 1 atom stereocenters. The van der Waals surface area contributed by atoms with Gasteiger partial charge in [0.25, 0.3) is 0 Å². The van der Waals surface area contributed by atoms with Crippen molar-refractivity contribution in [2.45, 2.75) is 40.2 Å². The first-order valence-corrected chi connectivity index (χ1v) is 8.18. The van der Waals surface area contributed by atoms with Crippen LogP contribution in [0.15, 0.2) is 26.0 Å². The maximum absolute atomic E-state index is 12.4. The Hall–Kier alpha value is -2.60. The number of carbonyl (C=O) groups excluding carboxylic acids is 1. The summed E-state index contributed by atoms with van der Waals surface area (Å²) in [5, 5.41) is 13.6. The summed E-state index contributed by atoms with van der Waals surface area (Å²) < 4.78 is 11.2. The molecule has 1 amide bonds.